The first kappa shape index (κ1) is 17.7. The van der Waals surface area contributed by atoms with Crippen LogP contribution < -0.4 is 5.73 Å². The molecule has 2 heterocycles. The minimum absolute atomic E-state index is 0.0201. The molecule has 2 aromatic rings. The van der Waals surface area contributed by atoms with Gasteiger partial charge in [-0.3, -0.25) is 14.6 Å². The molecule has 140 valence electrons. The second-order valence-electron chi connectivity index (χ2n) is 7.38. The SMILES string of the molecule is CN1CCN(C(=O)c2cccc(-c3nc4c(cc3C(N)=O)CCC4)c2)CC1. The standard InChI is InChI=1S/C21H24N4O2/c1-24-8-10-25(11-9-24)21(27)16-6-2-5-15(12-16)19-17(20(22)26)13-14-4-3-7-18(14)23-19/h2,5-6,12-13H,3-4,7-11H2,1H3,(H2,22,26). The zero-order valence-electron chi connectivity index (χ0n) is 15.6. The number of likely N-dealkylation sites (N-methyl/N-ethyl adjacent to an activating group) is 1. The molecule has 0 saturated carbocycles. The quantitative estimate of drug-likeness (QED) is 0.899. The normalized spacial score (nSPS) is 17.0. The molecule has 2 amide bonds. The van der Waals surface area contributed by atoms with Crippen LogP contribution in [-0.2, 0) is 12.8 Å². The molecular weight excluding hydrogens is 340 g/mol. The van der Waals surface area contributed by atoms with Crippen molar-refractivity contribution in [3.8, 4) is 11.3 Å². The van der Waals surface area contributed by atoms with Crippen molar-refractivity contribution in [3.63, 3.8) is 0 Å². The van der Waals surface area contributed by atoms with Gasteiger partial charge in [0.25, 0.3) is 11.8 Å². The van der Waals surface area contributed by atoms with Crippen LogP contribution in [0.2, 0.25) is 0 Å². The molecule has 6 nitrogen and oxygen atoms in total. The molecule has 1 aromatic heterocycles. The monoisotopic (exact) mass is 364 g/mol. The summed E-state index contributed by atoms with van der Waals surface area (Å²) in [5, 5.41) is 0. The molecule has 0 bridgehead atoms. The van der Waals surface area contributed by atoms with Crippen LogP contribution in [0.5, 0.6) is 0 Å². The summed E-state index contributed by atoms with van der Waals surface area (Å²) in [6.45, 7) is 3.21. The summed E-state index contributed by atoms with van der Waals surface area (Å²) >= 11 is 0. The number of hydrogen-bond acceptors (Lipinski definition) is 4. The molecule has 0 spiro atoms. The molecule has 1 aliphatic carbocycles. The second-order valence-corrected chi connectivity index (χ2v) is 7.38. The Kier molecular flexibility index (Phi) is 4.66. The smallest absolute Gasteiger partial charge is 0.253 e. The number of carbonyl (C=O) groups is 2. The van der Waals surface area contributed by atoms with Gasteiger partial charge < -0.3 is 15.5 Å². The molecule has 6 heteroatoms. The lowest BCUT2D eigenvalue weighted by atomic mass is 10.00. The summed E-state index contributed by atoms with van der Waals surface area (Å²) in [6.07, 6.45) is 2.90. The van der Waals surface area contributed by atoms with Crippen LogP contribution in [0.4, 0.5) is 0 Å². The maximum absolute atomic E-state index is 12.9. The Balaban J connectivity index is 1.69. The Hall–Kier alpha value is -2.73. The van der Waals surface area contributed by atoms with Crippen molar-refractivity contribution in [2.24, 2.45) is 5.73 Å². The van der Waals surface area contributed by atoms with Gasteiger partial charge in [0.15, 0.2) is 0 Å². The van der Waals surface area contributed by atoms with Gasteiger partial charge in [0, 0.05) is 43.0 Å². The summed E-state index contributed by atoms with van der Waals surface area (Å²) in [4.78, 5) is 33.7. The summed E-state index contributed by atoms with van der Waals surface area (Å²) in [5.41, 5.74) is 10.1. The Labute approximate surface area is 159 Å². The Morgan fingerprint density at radius 1 is 1.07 bits per heavy atom. The van der Waals surface area contributed by atoms with E-state index in [1.807, 2.05) is 35.2 Å². The number of hydrogen-bond donors (Lipinski definition) is 1. The fraction of sp³-hybridized carbons (Fsp3) is 0.381. The molecular formula is C21H24N4O2. The molecule has 1 saturated heterocycles. The number of amides is 2. The van der Waals surface area contributed by atoms with Gasteiger partial charge in [-0.25, -0.2) is 0 Å². The minimum Gasteiger partial charge on any atom is -0.366 e. The first-order valence-corrected chi connectivity index (χ1v) is 9.44. The minimum atomic E-state index is -0.483. The zero-order chi connectivity index (χ0) is 19.0. The van der Waals surface area contributed by atoms with Crippen molar-refractivity contribution in [1.82, 2.24) is 14.8 Å². The zero-order valence-corrected chi connectivity index (χ0v) is 15.6. The number of fused-ring (bicyclic) bond motifs is 1. The van der Waals surface area contributed by atoms with E-state index < -0.39 is 5.91 Å². The van der Waals surface area contributed by atoms with Crippen molar-refractivity contribution in [3.05, 3.63) is 52.7 Å². The molecule has 1 aliphatic heterocycles. The van der Waals surface area contributed by atoms with E-state index in [1.54, 1.807) is 0 Å². The topological polar surface area (TPSA) is 79.5 Å². The largest absolute Gasteiger partial charge is 0.366 e. The molecule has 1 fully saturated rings. The molecule has 0 unspecified atom stereocenters. The third-order valence-electron chi connectivity index (χ3n) is 5.49. The van der Waals surface area contributed by atoms with Crippen LogP contribution in [0.3, 0.4) is 0 Å². The lowest BCUT2D eigenvalue weighted by molar-refractivity contribution is 0.0664. The van der Waals surface area contributed by atoms with E-state index in [2.05, 4.69) is 11.9 Å². The molecule has 27 heavy (non-hydrogen) atoms. The number of primary amides is 1. The van der Waals surface area contributed by atoms with Crippen molar-refractivity contribution in [2.45, 2.75) is 19.3 Å². The summed E-state index contributed by atoms with van der Waals surface area (Å²) in [7, 11) is 2.06. The van der Waals surface area contributed by atoms with E-state index in [0.717, 1.165) is 62.3 Å². The number of carbonyl (C=O) groups excluding carboxylic acids is 2. The molecule has 4 rings (SSSR count). The number of aryl methyl sites for hydroxylation is 2. The van der Waals surface area contributed by atoms with E-state index in [0.29, 0.717) is 16.8 Å². The number of aromatic nitrogens is 1. The van der Waals surface area contributed by atoms with Crippen molar-refractivity contribution in [2.75, 3.05) is 33.2 Å². The number of rotatable bonds is 3. The van der Waals surface area contributed by atoms with Crippen molar-refractivity contribution in [1.29, 1.82) is 0 Å². The Bertz CT molecular complexity index is 901. The first-order chi connectivity index (χ1) is 13.0. The predicted octanol–water partition coefficient (Wildman–Crippen LogP) is 1.72. The lowest BCUT2D eigenvalue weighted by Gasteiger charge is -2.32. The van der Waals surface area contributed by atoms with Gasteiger partial charge in [0.1, 0.15) is 0 Å². The van der Waals surface area contributed by atoms with Crippen LogP contribution in [-0.4, -0.2) is 59.8 Å². The third-order valence-corrected chi connectivity index (χ3v) is 5.49. The summed E-state index contributed by atoms with van der Waals surface area (Å²) in [5.74, 6) is -0.463. The summed E-state index contributed by atoms with van der Waals surface area (Å²) < 4.78 is 0. The van der Waals surface area contributed by atoms with Crippen LogP contribution in [0.1, 0.15) is 38.4 Å². The van der Waals surface area contributed by atoms with E-state index in [-0.39, 0.29) is 5.91 Å². The number of nitrogens with zero attached hydrogens (tertiary/aromatic N) is 3. The molecule has 0 radical (unpaired) electrons. The molecule has 2 aliphatic rings. The highest BCUT2D eigenvalue weighted by atomic mass is 16.2. The fourth-order valence-corrected chi connectivity index (χ4v) is 3.87. The van der Waals surface area contributed by atoms with Gasteiger partial charge in [-0.15, -0.1) is 0 Å². The molecule has 1 aromatic carbocycles. The van der Waals surface area contributed by atoms with Crippen LogP contribution in [0.25, 0.3) is 11.3 Å². The Morgan fingerprint density at radius 2 is 1.85 bits per heavy atom. The second kappa shape index (κ2) is 7.12. The highest BCUT2D eigenvalue weighted by Crippen LogP contribution is 2.29. The van der Waals surface area contributed by atoms with Crippen molar-refractivity contribution >= 4 is 11.8 Å². The van der Waals surface area contributed by atoms with E-state index in [1.165, 1.54) is 0 Å². The predicted molar refractivity (Wildman–Crippen MR) is 104 cm³/mol. The van der Waals surface area contributed by atoms with Gasteiger partial charge in [-0.2, -0.15) is 0 Å². The fourth-order valence-electron chi connectivity index (χ4n) is 3.87. The van der Waals surface area contributed by atoms with Gasteiger partial charge in [0.05, 0.1) is 11.3 Å². The van der Waals surface area contributed by atoms with Gasteiger partial charge in [0.2, 0.25) is 0 Å². The first-order valence-electron chi connectivity index (χ1n) is 9.44. The van der Waals surface area contributed by atoms with E-state index in [4.69, 9.17) is 10.7 Å². The summed E-state index contributed by atoms with van der Waals surface area (Å²) in [6, 6.07) is 9.26. The average Bonchev–Trinajstić information content (AvgIpc) is 3.14. The molecule has 0 atom stereocenters. The van der Waals surface area contributed by atoms with Crippen LogP contribution in [0, 0.1) is 0 Å². The van der Waals surface area contributed by atoms with Crippen LogP contribution in [0.15, 0.2) is 30.3 Å². The van der Waals surface area contributed by atoms with Gasteiger partial charge in [-0.05, 0) is 50.1 Å². The highest BCUT2D eigenvalue weighted by Gasteiger charge is 2.23. The molecule has 2 N–H and O–H groups in total. The highest BCUT2D eigenvalue weighted by molar-refractivity contribution is 6.00. The number of piperazine rings is 1. The Morgan fingerprint density at radius 3 is 2.59 bits per heavy atom. The van der Waals surface area contributed by atoms with Crippen LogP contribution >= 0.6 is 0 Å². The number of pyridine rings is 1. The maximum atomic E-state index is 12.9. The lowest BCUT2D eigenvalue weighted by Crippen LogP contribution is -2.47. The average molecular weight is 364 g/mol. The number of benzene rings is 1. The van der Waals surface area contributed by atoms with E-state index in [9.17, 15) is 9.59 Å². The maximum Gasteiger partial charge on any atom is 0.253 e. The number of nitrogens with two attached hydrogens (primary N) is 1. The van der Waals surface area contributed by atoms with E-state index >= 15 is 0 Å². The van der Waals surface area contributed by atoms with Crippen molar-refractivity contribution < 1.29 is 9.59 Å². The third kappa shape index (κ3) is 3.45. The van der Waals surface area contributed by atoms with Gasteiger partial charge >= 0.3 is 0 Å². The van der Waals surface area contributed by atoms with Gasteiger partial charge in [-0.1, -0.05) is 12.1 Å².